The van der Waals surface area contributed by atoms with Crippen molar-refractivity contribution in [3.05, 3.63) is 22.7 Å². The van der Waals surface area contributed by atoms with Crippen molar-refractivity contribution >= 4 is 47.5 Å². The summed E-state index contributed by atoms with van der Waals surface area (Å²) in [4.78, 5) is 25.9. The topological polar surface area (TPSA) is 65.8 Å². The number of aryl methyl sites for hydroxylation is 1. The molecule has 27 heavy (non-hydrogen) atoms. The molecule has 9 heteroatoms. The van der Waals surface area contributed by atoms with E-state index in [2.05, 4.69) is 38.8 Å². The van der Waals surface area contributed by atoms with Gasteiger partial charge in [-0.2, -0.15) is 11.8 Å². The Morgan fingerprint density at radius 1 is 1.30 bits per heavy atom. The average molecular weight is 506 g/mol. The molecule has 2 fully saturated rings. The average Bonchev–Trinajstić information content (AvgIpc) is 2.68. The highest BCUT2D eigenvalue weighted by Crippen LogP contribution is 2.22. The molecule has 3 heterocycles. The predicted octanol–water partition coefficient (Wildman–Crippen LogP) is 1.63. The van der Waals surface area contributed by atoms with Gasteiger partial charge in [-0.3, -0.25) is 9.79 Å². The standard InChI is InChI=1S/C18H30N6OS.HI/c1-3-19-18(21-14-15-4-12-26-13-5-15)24-10-8-23(9-11-24)16-17(25)22(2)7-6-20-16;/h6-7,15H,3-5,8-14H2,1-2H3,(H,19,21);1H. The molecule has 1 aromatic rings. The van der Waals surface area contributed by atoms with Crippen LogP contribution in [0.4, 0.5) is 5.82 Å². The molecule has 7 nitrogen and oxygen atoms in total. The monoisotopic (exact) mass is 506 g/mol. The highest BCUT2D eigenvalue weighted by Gasteiger charge is 2.23. The van der Waals surface area contributed by atoms with Gasteiger partial charge >= 0.3 is 0 Å². The summed E-state index contributed by atoms with van der Waals surface area (Å²) < 4.78 is 1.59. The zero-order valence-electron chi connectivity index (χ0n) is 16.3. The molecule has 0 amide bonds. The van der Waals surface area contributed by atoms with E-state index in [0.717, 1.165) is 51.1 Å². The highest BCUT2D eigenvalue weighted by atomic mass is 127. The van der Waals surface area contributed by atoms with E-state index < -0.39 is 0 Å². The Balaban J connectivity index is 0.00000261. The van der Waals surface area contributed by atoms with Crippen LogP contribution in [-0.2, 0) is 7.05 Å². The molecule has 3 rings (SSSR count). The number of nitrogens with one attached hydrogen (secondary N) is 1. The third-order valence-corrected chi connectivity index (χ3v) is 6.10. The van der Waals surface area contributed by atoms with Crippen molar-refractivity contribution in [3.63, 3.8) is 0 Å². The minimum absolute atomic E-state index is 0. The minimum Gasteiger partial charge on any atom is -0.357 e. The maximum atomic E-state index is 12.3. The number of guanidine groups is 1. The molecule has 152 valence electrons. The number of hydrogen-bond donors (Lipinski definition) is 1. The van der Waals surface area contributed by atoms with Crippen LogP contribution in [-0.4, -0.2) is 71.2 Å². The van der Waals surface area contributed by atoms with E-state index in [9.17, 15) is 4.79 Å². The molecule has 0 spiro atoms. The van der Waals surface area contributed by atoms with Gasteiger partial charge in [-0.1, -0.05) is 0 Å². The SMILES string of the molecule is CCNC(=NCC1CCSCC1)N1CCN(c2nccn(C)c2=O)CC1.I. The number of anilines is 1. The Hall–Kier alpha value is -0.970. The quantitative estimate of drug-likeness (QED) is 0.381. The van der Waals surface area contributed by atoms with Gasteiger partial charge in [0.1, 0.15) is 0 Å². The number of halogens is 1. The van der Waals surface area contributed by atoms with Gasteiger partial charge in [-0.05, 0) is 37.2 Å². The van der Waals surface area contributed by atoms with Crippen molar-refractivity contribution in [3.8, 4) is 0 Å². The van der Waals surface area contributed by atoms with Gasteiger partial charge in [0, 0.05) is 58.7 Å². The fraction of sp³-hybridized carbons (Fsp3) is 0.722. The lowest BCUT2D eigenvalue weighted by atomic mass is 10.0. The van der Waals surface area contributed by atoms with Crippen LogP contribution in [0.15, 0.2) is 22.2 Å². The zero-order valence-corrected chi connectivity index (χ0v) is 19.4. The van der Waals surface area contributed by atoms with Crippen molar-refractivity contribution < 1.29 is 0 Å². The smallest absolute Gasteiger partial charge is 0.293 e. The Labute approximate surface area is 183 Å². The molecular formula is C18H31IN6OS. The summed E-state index contributed by atoms with van der Waals surface area (Å²) in [5.74, 6) is 4.83. The molecule has 0 radical (unpaired) electrons. The first-order valence-electron chi connectivity index (χ1n) is 9.56. The molecule has 0 aliphatic carbocycles. The maximum Gasteiger partial charge on any atom is 0.293 e. The van der Waals surface area contributed by atoms with Crippen molar-refractivity contribution in [2.24, 2.45) is 18.0 Å². The molecule has 0 saturated carbocycles. The van der Waals surface area contributed by atoms with Gasteiger partial charge in [-0.15, -0.1) is 24.0 Å². The van der Waals surface area contributed by atoms with Gasteiger partial charge in [0.05, 0.1) is 0 Å². The second-order valence-electron chi connectivity index (χ2n) is 6.89. The summed E-state index contributed by atoms with van der Waals surface area (Å²) >= 11 is 2.06. The molecule has 2 saturated heterocycles. The third-order valence-electron chi connectivity index (χ3n) is 5.05. The summed E-state index contributed by atoms with van der Waals surface area (Å²) in [7, 11) is 1.77. The van der Waals surface area contributed by atoms with E-state index in [1.807, 2.05) is 0 Å². The minimum atomic E-state index is -0.0308. The van der Waals surface area contributed by atoms with Crippen LogP contribution in [0.3, 0.4) is 0 Å². The van der Waals surface area contributed by atoms with Crippen molar-refractivity contribution in [2.45, 2.75) is 19.8 Å². The third kappa shape index (κ3) is 6.00. The first-order chi connectivity index (χ1) is 12.7. The molecular weight excluding hydrogens is 475 g/mol. The first kappa shape index (κ1) is 22.3. The highest BCUT2D eigenvalue weighted by molar-refractivity contribution is 14.0. The largest absolute Gasteiger partial charge is 0.357 e. The van der Waals surface area contributed by atoms with E-state index in [1.54, 1.807) is 24.0 Å². The lowest BCUT2D eigenvalue weighted by Crippen LogP contribution is -2.53. The molecule has 0 bridgehead atoms. The summed E-state index contributed by atoms with van der Waals surface area (Å²) in [6.07, 6.45) is 5.95. The molecule has 1 N–H and O–H groups in total. The lowest BCUT2D eigenvalue weighted by molar-refractivity contribution is 0.368. The van der Waals surface area contributed by atoms with Gasteiger partial charge < -0.3 is 19.7 Å². The Morgan fingerprint density at radius 2 is 2.00 bits per heavy atom. The number of nitrogens with zero attached hydrogens (tertiary/aromatic N) is 5. The molecule has 0 aromatic carbocycles. The van der Waals surface area contributed by atoms with Gasteiger partial charge in [0.15, 0.2) is 11.8 Å². The second kappa shape index (κ2) is 11.1. The molecule has 0 unspecified atom stereocenters. The summed E-state index contributed by atoms with van der Waals surface area (Å²) in [5, 5.41) is 3.44. The van der Waals surface area contributed by atoms with Crippen molar-refractivity contribution in [1.82, 2.24) is 19.8 Å². The van der Waals surface area contributed by atoms with E-state index in [0.29, 0.717) is 5.82 Å². The fourth-order valence-corrected chi connectivity index (χ4v) is 4.61. The Morgan fingerprint density at radius 3 is 2.67 bits per heavy atom. The Kier molecular flexibility index (Phi) is 9.20. The Bertz CT molecular complexity index is 668. The van der Waals surface area contributed by atoms with Crippen LogP contribution < -0.4 is 15.8 Å². The van der Waals surface area contributed by atoms with Crippen LogP contribution in [0.25, 0.3) is 0 Å². The summed E-state index contributed by atoms with van der Waals surface area (Å²) in [5.41, 5.74) is -0.0308. The molecule has 0 atom stereocenters. The van der Waals surface area contributed by atoms with Crippen LogP contribution in [0, 0.1) is 5.92 Å². The number of aliphatic imine (C=N–C) groups is 1. The predicted molar refractivity (Wildman–Crippen MR) is 125 cm³/mol. The van der Waals surface area contributed by atoms with E-state index >= 15 is 0 Å². The molecule has 2 aliphatic rings. The number of rotatable bonds is 4. The number of aromatic nitrogens is 2. The van der Waals surface area contributed by atoms with Crippen molar-refractivity contribution in [1.29, 1.82) is 0 Å². The van der Waals surface area contributed by atoms with E-state index in [1.165, 1.54) is 24.3 Å². The van der Waals surface area contributed by atoms with Crippen molar-refractivity contribution in [2.75, 3.05) is 55.7 Å². The summed E-state index contributed by atoms with van der Waals surface area (Å²) in [6, 6.07) is 0. The maximum absolute atomic E-state index is 12.3. The number of piperazine rings is 1. The number of hydrogen-bond acceptors (Lipinski definition) is 5. The number of thioether (sulfide) groups is 1. The van der Waals surface area contributed by atoms with Gasteiger partial charge in [0.2, 0.25) is 0 Å². The second-order valence-corrected chi connectivity index (χ2v) is 8.12. The van der Waals surface area contributed by atoms with Gasteiger partial charge in [0.25, 0.3) is 5.56 Å². The normalized spacial score (nSPS) is 19.0. The summed E-state index contributed by atoms with van der Waals surface area (Å²) in [6.45, 7) is 7.19. The van der Waals surface area contributed by atoms with E-state index in [-0.39, 0.29) is 29.5 Å². The molecule has 2 aliphatic heterocycles. The van der Waals surface area contributed by atoms with Crippen LogP contribution >= 0.6 is 35.7 Å². The lowest BCUT2D eigenvalue weighted by Gasteiger charge is -2.37. The molecule has 1 aromatic heterocycles. The van der Waals surface area contributed by atoms with Crippen LogP contribution in [0.1, 0.15) is 19.8 Å². The first-order valence-corrected chi connectivity index (χ1v) is 10.7. The zero-order chi connectivity index (χ0) is 18.4. The van der Waals surface area contributed by atoms with Gasteiger partial charge in [-0.25, -0.2) is 4.98 Å². The van der Waals surface area contributed by atoms with Crippen LogP contribution in [0.5, 0.6) is 0 Å². The van der Waals surface area contributed by atoms with Crippen LogP contribution in [0.2, 0.25) is 0 Å². The fourth-order valence-electron chi connectivity index (χ4n) is 3.40. The van der Waals surface area contributed by atoms with E-state index in [4.69, 9.17) is 4.99 Å².